The highest BCUT2D eigenvalue weighted by Gasteiger charge is 2.07. The molecular weight excluding hydrogens is 140 g/mol. The average molecular weight is 146 g/mol. The molecule has 0 saturated heterocycles. The first-order valence-corrected chi connectivity index (χ1v) is 2.52. The van der Waals surface area contributed by atoms with E-state index in [1.807, 2.05) is 0 Å². The molecule has 0 aliphatic carbocycles. The fourth-order valence-electron chi connectivity index (χ4n) is 0.222. The average Bonchev–Trinajstić information content (AvgIpc) is 1.84. The van der Waals surface area contributed by atoms with E-state index in [1.54, 1.807) is 0 Å². The van der Waals surface area contributed by atoms with Crippen LogP contribution in [0, 0.1) is 0 Å². The highest BCUT2D eigenvalue weighted by Crippen LogP contribution is 1.80. The van der Waals surface area contributed by atoms with E-state index in [0.29, 0.717) is 6.41 Å². The number of likely N-dealkylation sites (N-methyl/N-ethyl adjacent to an activating group) is 1. The third kappa shape index (κ3) is 2.18. The Morgan fingerprint density at radius 2 is 2.22 bits per heavy atom. The molecule has 0 aromatic carbocycles. The predicted molar refractivity (Wildman–Crippen MR) is 35.6 cm³/mol. The first-order chi connectivity index (χ1) is 4.09. The standard InChI is InChI=1S/C4H6N2O2S/c1-6(2-7)4(9)3(5)8/h2H,1H3,(H2,5,8). The minimum Gasteiger partial charge on any atom is -0.364 e. The van der Waals surface area contributed by atoms with Gasteiger partial charge in [0.25, 0.3) is 5.91 Å². The Kier molecular flexibility index (Phi) is 2.80. The van der Waals surface area contributed by atoms with Gasteiger partial charge < -0.3 is 10.6 Å². The molecule has 0 radical (unpaired) electrons. The van der Waals surface area contributed by atoms with E-state index in [-0.39, 0.29) is 4.99 Å². The molecule has 0 fully saturated rings. The number of carbonyl (C=O) groups excluding carboxylic acids is 2. The summed E-state index contributed by atoms with van der Waals surface area (Å²) in [6.07, 6.45) is 0.424. The molecule has 0 aromatic heterocycles. The maximum absolute atomic E-state index is 10.2. The van der Waals surface area contributed by atoms with Crippen molar-refractivity contribution in [2.45, 2.75) is 0 Å². The Hall–Kier alpha value is -0.970. The van der Waals surface area contributed by atoms with Crippen LogP contribution in [0.2, 0.25) is 0 Å². The molecule has 0 spiro atoms. The molecule has 9 heavy (non-hydrogen) atoms. The lowest BCUT2D eigenvalue weighted by Gasteiger charge is -2.06. The van der Waals surface area contributed by atoms with E-state index < -0.39 is 5.91 Å². The van der Waals surface area contributed by atoms with Gasteiger partial charge in [-0.25, -0.2) is 0 Å². The van der Waals surface area contributed by atoms with Crippen LogP contribution in [0.5, 0.6) is 0 Å². The zero-order valence-corrected chi connectivity index (χ0v) is 5.64. The number of nitrogens with zero attached hydrogens (tertiary/aromatic N) is 1. The summed E-state index contributed by atoms with van der Waals surface area (Å²) in [6.45, 7) is 0. The highest BCUT2D eigenvalue weighted by atomic mass is 32.1. The van der Waals surface area contributed by atoms with Gasteiger partial charge in [0.15, 0.2) is 4.99 Å². The molecule has 0 heterocycles. The molecule has 50 valence electrons. The van der Waals surface area contributed by atoms with Crippen molar-refractivity contribution in [1.82, 2.24) is 4.90 Å². The van der Waals surface area contributed by atoms with E-state index in [0.717, 1.165) is 4.90 Å². The molecule has 0 bridgehead atoms. The molecule has 5 heteroatoms. The van der Waals surface area contributed by atoms with Gasteiger partial charge in [-0.05, 0) is 0 Å². The number of amides is 2. The van der Waals surface area contributed by atoms with Crippen molar-refractivity contribution in [1.29, 1.82) is 0 Å². The third-order valence-corrected chi connectivity index (χ3v) is 1.18. The van der Waals surface area contributed by atoms with Crippen molar-refractivity contribution in [3.63, 3.8) is 0 Å². The summed E-state index contributed by atoms with van der Waals surface area (Å²) in [6, 6.07) is 0. The second kappa shape index (κ2) is 3.13. The summed E-state index contributed by atoms with van der Waals surface area (Å²) >= 11 is 4.42. The molecule has 0 rings (SSSR count). The van der Waals surface area contributed by atoms with Crippen molar-refractivity contribution in [3.05, 3.63) is 0 Å². The van der Waals surface area contributed by atoms with E-state index >= 15 is 0 Å². The maximum atomic E-state index is 10.2. The predicted octanol–water partition coefficient (Wildman–Crippen LogP) is -1.11. The first kappa shape index (κ1) is 8.03. The molecule has 0 aliphatic rings. The van der Waals surface area contributed by atoms with Crippen molar-refractivity contribution >= 4 is 29.5 Å². The number of hydrogen-bond acceptors (Lipinski definition) is 3. The molecule has 4 nitrogen and oxygen atoms in total. The van der Waals surface area contributed by atoms with Crippen molar-refractivity contribution < 1.29 is 9.59 Å². The minimum absolute atomic E-state index is 0.176. The molecule has 0 atom stereocenters. The van der Waals surface area contributed by atoms with Crippen LogP contribution in [0.1, 0.15) is 0 Å². The summed E-state index contributed by atoms with van der Waals surface area (Å²) < 4.78 is 0. The largest absolute Gasteiger partial charge is 0.364 e. The van der Waals surface area contributed by atoms with Gasteiger partial charge >= 0.3 is 0 Å². The van der Waals surface area contributed by atoms with Crippen LogP contribution in [0.25, 0.3) is 0 Å². The Balaban J connectivity index is 4.03. The third-order valence-electron chi connectivity index (χ3n) is 0.689. The van der Waals surface area contributed by atoms with Crippen molar-refractivity contribution in [3.8, 4) is 0 Å². The number of primary amides is 1. The van der Waals surface area contributed by atoms with E-state index in [4.69, 9.17) is 5.73 Å². The number of hydrogen-bond donors (Lipinski definition) is 1. The summed E-state index contributed by atoms with van der Waals surface area (Å²) in [5.41, 5.74) is 4.73. The summed E-state index contributed by atoms with van der Waals surface area (Å²) in [7, 11) is 1.36. The quantitative estimate of drug-likeness (QED) is 0.377. The molecular formula is C4H6N2O2S. The Labute approximate surface area is 57.6 Å². The summed E-state index contributed by atoms with van der Waals surface area (Å²) in [5, 5.41) is 0. The lowest BCUT2D eigenvalue weighted by molar-refractivity contribution is -0.117. The van der Waals surface area contributed by atoms with Crippen LogP contribution < -0.4 is 5.73 Å². The van der Waals surface area contributed by atoms with Crippen molar-refractivity contribution in [2.75, 3.05) is 7.05 Å². The van der Waals surface area contributed by atoms with E-state index in [1.165, 1.54) is 7.05 Å². The topological polar surface area (TPSA) is 63.4 Å². The van der Waals surface area contributed by atoms with Crippen LogP contribution in [-0.4, -0.2) is 29.3 Å². The van der Waals surface area contributed by atoms with Crippen LogP contribution in [0.3, 0.4) is 0 Å². The van der Waals surface area contributed by atoms with E-state index in [9.17, 15) is 9.59 Å². The van der Waals surface area contributed by atoms with Gasteiger partial charge in [0.05, 0.1) is 0 Å². The van der Waals surface area contributed by atoms with Crippen LogP contribution >= 0.6 is 12.2 Å². The Morgan fingerprint density at radius 1 is 1.78 bits per heavy atom. The van der Waals surface area contributed by atoms with Crippen LogP contribution in [0.15, 0.2) is 0 Å². The fourth-order valence-corrected chi connectivity index (χ4v) is 0.265. The number of rotatable bonds is 1. The van der Waals surface area contributed by atoms with E-state index in [2.05, 4.69) is 12.2 Å². The summed E-state index contributed by atoms with van der Waals surface area (Å²) in [4.78, 5) is 20.8. The smallest absolute Gasteiger partial charge is 0.276 e. The van der Waals surface area contributed by atoms with Gasteiger partial charge in [0.2, 0.25) is 6.41 Å². The molecule has 0 saturated carbocycles. The van der Waals surface area contributed by atoms with Gasteiger partial charge in [-0.3, -0.25) is 9.59 Å². The molecule has 0 aromatic rings. The van der Waals surface area contributed by atoms with Gasteiger partial charge in [-0.1, -0.05) is 12.2 Å². The number of nitrogens with two attached hydrogens (primary N) is 1. The number of thiocarbonyl (C=S) groups is 1. The van der Waals surface area contributed by atoms with Gasteiger partial charge in [0.1, 0.15) is 0 Å². The lowest BCUT2D eigenvalue weighted by atomic mass is 10.6. The maximum Gasteiger partial charge on any atom is 0.276 e. The normalized spacial score (nSPS) is 8.11. The van der Waals surface area contributed by atoms with Crippen LogP contribution in [-0.2, 0) is 9.59 Å². The highest BCUT2D eigenvalue weighted by molar-refractivity contribution is 7.82. The van der Waals surface area contributed by atoms with Crippen LogP contribution in [0.4, 0.5) is 0 Å². The van der Waals surface area contributed by atoms with Crippen molar-refractivity contribution in [2.24, 2.45) is 5.73 Å². The molecule has 0 unspecified atom stereocenters. The second-order valence-electron chi connectivity index (χ2n) is 1.39. The molecule has 0 aliphatic heterocycles. The summed E-state index contributed by atoms with van der Waals surface area (Å²) in [5.74, 6) is -0.764. The second-order valence-corrected chi connectivity index (χ2v) is 1.77. The van der Waals surface area contributed by atoms with Gasteiger partial charge in [0, 0.05) is 7.05 Å². The Morgan fingerprint density at radius 3 is 2.33 bits per heavy atom. The fraction of sp³-hybridized carbons (Fsp3) is 0.250. The monoisotopic (exact) mass is 146 g/mol. The SMILES string of the molecule is CN(C=O)C(=S)C(N)=O. The first-order valence-electron chi connectivity index (χ1n) is 2.11. The lowest BCUT2D eigenvalue weighted by Crippen LogP contribution is -2.35. The minimum atomic E-state index is -0.764. The zero-order valence-electron chi connectivity index (χ0n) is 4.83. The van der Waals surface area contributed by atoms with Gasteiger partial charge in [-0.2, -0.15) is 0 Å². The molecule has 2 N–H and O–H groups in total. The zero-order chi connectivity index (χ0) is 7.44. The number of carbonyl (C=O) groups is 2. The van der Waals surface area contributed by atoms with Gasteiger partial charge in [-0.15, -0.1) is 0 Å². The molecule has 2 amide bonds. The Bertz CT molecular complexity index is 157.